The van der Waals surface area contributed by atoms with Crippen LogP contribution in [0.15, 0.2) is 42.5 Å². The number of imide groups is 1. The van der Waals surface area contributed by atoms with Crippen molar-refractivity contribution >= 4 is 34.8 Å². The van der Waals surface area contributed by atoms with E-state index in [1.54, 1.807) is 24.3 Å². The summed E-state index contributed by atoms with van der Waals surface area (Å²) in [5.74, 6) is -0.700. The van der Waals surface area contributed by atoms with E-state index in [4.69, 9.17) is 11.6 Å². The van der Waals surface area contributed by atoms with Gasteiger partial charge >= 0.3 is 0 Å². The van der Waals surface area contributed by atoms with Crippen LogP contribution in [0.1, 0.15) is 18.1 Å². The van der Waals surface area contributed by atoms with Gasteiger partial charge in [0.15, 0.2) is 0 Å². The minimum atomic E-state index is -0.843. The fraction of sp³-hybridized carbons (Fsp3) is 0.300. The molecular formula is C20H19ClN2O2. The van der Waals surface area contributed by atoms with Crippen LogP contribution in [-0.4, -0.2) is 25.4 Å². The van der Waals surface area contributed by atoms with Gasteiger partial charge in [-0.25, -0.2) is 4.90 Å². The number of rotatable bonds is 1. The van der Waals surface area contributed by atoms with Gasteiger partial charge in [0.1, 0.15) is 0 Å². The Morgan fingerprint density at radius 2 is 1.80 bits per heavy atom. The van der Waals surface area contributed by atoms with Crippen molar-refractivity contribution in [1.29, 1.82) is 0 Å². The van der Waals surface area contributed by atoms with Gasteiger partial charge < -0.3 is 4.90 Å². The van der Waals surface area contributed by atoms with E-state index >= 15 is 0 Å². The molecular weight excluding hydrogens is 336 g/mol. The highest BCUT2D eigenvalue weighted by molar-refractivity contribution is 6.31. The molecule has 0 spiro atoms. The number of hydrogen-bond donors (Lipinski definition) is 0. The van der Waals surface area contributed by atoms with Gasteiger partial charge in [-0.2, -0.15) is 0 Å². The maximum absolute atomic E-state index is 13.4. The Hall–Kier alpha value is -2.33. The lowest BCUT2D eigenvalue weighted by molar-refractivity contribution is -0.122. The number of halogens is 1. The van der Waals surface area contributed by atoms with Gasteiger partial charge in [0.2, 0.25) is 11.8 Å². The van der Waals surface area contributed by atoms with Crippen LogP contribution in [0.3, 0.4) is 0 Å². The molecule has 2 amide bonds. The van der Waals surface area contributed by atoms with Gasteiger partial charge in [-0.05, 0) is 49.7 Å². The molecule has 128 valence electrons. The number of aryl methyl sites for hydroxylation is 1. The van der Waals surface area contributed by atoms with Gasteiger partial charge in [0, 0.05) is 24.3 Å². The van der Waals surface area contributed by atoms with E-state index in [-0.39, 0.29) is 11.8 Å². The highest BCUT2D eigenvalue weighted by atomic mass is 35.5. The van der Waals surface area contributed by atoms with E-state index in [1.165, 1.54) is 4.90 Å². The second-order valence-electron chi connectivity index (χ2n) is 7.11. The maximum atomic E-state index is 13.4. The minimum absolute atomic E-state index is 0.145. The van der Waals surface area contributed by atoms with Crippen LogP contribution in [0.5, 0.6) is 0 Å². The first-order chi connectivity index (χ1) is 11.8. The van der Waals surface area contributed by atoms with Gasteiger partial charge in [-0.3, -0.25) is 9.59 Å². The fourth-order valence-electron chi connectivity index (χ4n) is 4.05. The number of benzene rings is 2. The van der Waals surface area contributed by atoms with Gasteiger partial charge in [-0.1, -0.05) is 29.3 Å². The van der Waals surface area contributed by atoms with Gasteiger partial charge in [-0.15, -0.1) is 0 Å². The summed E-state index contributed by atoms with van der Waals surface area (Å²) in [5, 5.41) is 0.576. The molecule has 1 saturated heterocycles. The molecule has 4 rings (SSSR count). The largest absolute Gasteiger partial charge is 0.373 e. The molecule has 0 saturated carbocycles. The zero-order valence-electron chi connectivity index (χ0n) is 14.4. The molecule has 0 radical (unpaired) electrons. The molecule has 2 atom stereocenters. The Morgan fingerprint density at radius 3 is 2.48 bits per heavy atom. The maximum Gasteiger partial charge on any atom is 0.245 e. The van der Waals surface area contributed by atoms with Crippen molar-refractivity contribution in [3.8, 4) is 0 Å². The smallest absolute Gasteiger partial charge is 0.245 e. The second kappa shape index (κ2) is 5.33. The zero-order valence-corrected chi connectivity index (χ0v) is 15.2. The lowest BCUT2D eigenvalue weighted by Crippen LogP contribution is -2.47. The average Bonchev–Trinajstić information content (AvgIpc) is 2.77. The Labute approximate surface area is 152 Å². The lowest BCUT2D eigenvalue weighted by atomic mass is 9.69. The van der Waals surface area contributed by atoms with E-state index in [0.717, 1.165) is 16.8 Å². The lowest BCUT2D eigenvalue weighted by Gasteiger charge is -2.40. The third-order valence-corrected chi connectivity index (χ3v) is 5.78. The monoisotopic (exact) mass is 354 g/mol. The molecule has 25 heavy (non-hydrogen) atoms. The normalized spacial score (nSPS) is 25.2. The first kappa shape index (κ1) is 16.2. The van der Waals surface area contributed by atoms with Gasteiger partial charge in [0.05, 0.1) is 17.0 Å². The van der Waals surface area contributed by atoms with E-state index in [9.17, 15) is 9.59 Å². The van der Waals surface area contributed by atoms with Crippen LogP contribution >= 0.6 is 11.6 Å². The number of carbonyl (C=O) groups is 2. The predicted molar refractivity (Wildman–Crippen MR) is 99.2 cm³/mol. The Bertz CT molecular complexity index is 893. The highest BCUT2D eigenvalue weighted by Gasteiger charge is 2.60. The fourth-order valence-corrected chi connectivity index (χ4v) is 4.18. The third kappa shape index (κ3) is 2.13. The summed E-state index contributed by atoms with van der Waals surface area (Å²) in [6.07, 6.45) is 0. The topological polar surface area (TPSA) is 40.6 Å². The van der Waals surface area contributed by atoms with Crippen LogP contribution < -0.4 is 9.80 Å². The SMILES string of the molecule is Cc1ccc2c(c1)[C@]1(C)C(=O)N(c3ccc(Cl)cc3)C(=O)[C@@H]1CN2C. The molecule has 0 bridgehead atoms. The summed E-state index contributed by atoms with van der Waals surface area (Å²) in [5.41, 5.74) is 2.76. The number of hydrogen-bond acceptors (Lipinski definition) is 3. The van der Waals surface area contributed by atoms with Crippen molar-refractivity contribution in [2.75, 3.05) is 23.4 Å². The Kier molecular flexibility index (Phi) is 3.45. The molecule has 2 aromatic carbocycles. The van der Waals surface area contributed by atoms with Crippen molar-refractivity contribution in [1.82, 2.24) is 0 Å². The molecule has 2 aliphatic heterocycles. The summed E-state index contributed by atoms with van der Waals surface area (Å²) in [6, 6.07) is 13.0. The summed E-state index contributed by atoms with van der Waals surface area (Å²) < 4.78 is 0. The molecule has 5 heteroatoms. The molecule has 4 nitrogen and oxygen atoms in total. The van der Waals surface area contributed by atoms with Crippen molar-refractivity contribution in [2.24, 2.45) is 5.92 Å². The van der Waals surface area contributed by atoms with Crippen molar-refractivity contribution in [2.45, 2.75) is 19.3 Å². The van der Waals surface area contributed by atoms with E-state index in [0.29, 0.717) is 17.3 Å². The molecule has 2 heterocycles. The second-order valence-corrected chi connectivity index (χ2v) is 7.55. The average molecular weight is 355 g/mol. The van der Waals surface area contributed by atoms with E-state index in [2.05, 4.69) is 4.90 Å². The summed E-state index contributed by atoms with van der Waals surface area (Å²) in [4.78, 5) is 29.9. The number of fused-ring (bicyclic) bond motifs is 3. The van der Waals surface area contributed by atoms with Gasteiger partial charge in [0.25, 0.3) is 0 Å². The Balaban J connectivity index is 1.88. The number of nitrogens with zero attached hydrogens (tertiary/aromatic N) is 2. The van der Waals surface area contributed by atoms with E-state index in [1.807, 2.05) is 39.1 Å². The third-order valence-electron chi connectivity index (χ3n) is 5.53. The van der Waals surface area contributed by atoms with Crippen molar-refractivity contribution in [3.63, 3.8) is 0 Å². The number of anilines is 2. The highest BCUT2D eigenvalue weighted by Crippen LogP contribution is 2.49. The summed E-state index contributed by atoms with van der Waals surface area (Å²) in [7, 11) is 1.97. The zero-order chi connectivity index (χ0) is 17.9. The molecule has 0 aliphatic carbocycles. The minimum Gasteiger partial charge on any atom is -0.373 e. The molecule has 1 fully saturated rings. The van der Waals surface area contributed by atoms with Crippen LogP contribution in [0, 0.1) is 12.8 Å². The molecule has 0 unspecified atom stereocenters. The first-order valence-corrected chi connectivity index (χ1v) is 8.68. The molecule has 2 aliphatic rings. The standard InChI is InChI=1S/C20H19ClN2O2/c1-12-4-9-17-15(10-12)20(2)16(11-22(17)3)18(24)23(19(20)25)14-7-5-13(21)6-8-14/h4-10,16H,11H2,1-3H3/t16-,20-/m0/s1. The summed E-state index contributed by atoms with van der Waals surface area (Å²) >= 11 is 5.95. The van der Waals surface area contributed by atoms with Crippen molar-refractivity contribution < 1.29 is 9.59 Å². The van der Waals surface area contributed by atoms with Crippen molar-refractivity contribution in [3.05, 3.63) is 58.6 Å². The van der Waals surface area contributed by atoms with Crippen LogP contribution in [0.25, 0.3) is 0 Å². The molecule has 2 aromatic rings. The summed E-state index contributed by atoms with van der Waals surface area (Å²) in [6.45, 7) is 4.44. The Morgan fingerprint density at radius 1 is 1.12 bits per heavy atom. The number of amides is 2. The van der Waals surface area contributed by atoms with Crippen LogP contribution in [0.2, 0.25) is 5.02 Å². The quantitative estimate of drug-likeness (QED) is 0.735. The van der Waals surface area contributed by atoms with Crippen LogP contribution in [-0.2, 0) is 15.0 Å². The predicted octanol–water partition coefficient (Wildman–Crippen LogP) is 3.55. The molecule has 0 N–H and O–H groups in total. The van der Waals surface area contributed by atoms with E-state index < -0.39 is 11.3 Å². The van der Waals surface area contributed by atoms with Crippen LogP contribution in [0.4, 0.5) is 11.4 Å². The first-order valence-electron chi connectivity index (χ1n) is 8.30. The number of carbonyl (C=O) groups excluding carboxylic acids is 2. The molecule has 0 aromatic heterocycles.